The molecule has 1 aromatic carbocycles. The van der Waals surface area contributed by atoms with Crippen LogP contribution in [-0.2, 0) is 32.5 Å². The number of aliphatic hydroxyl groups excluding tert-OH is 1. The number of carbonyl (C=O) groups is 3. The number of imidazole rings is 1. The van der Waals surface area contributed by atoms with Crippen LogP contribution in [0.15, 0.2) is 42.9 Å². The van der Waals surface area contributed by atoms with Gasteiger partial charge >= 0.3 is 6.03 Å². The van der Waals surface area contributed by atoms with Crippen LogP contribution in [0.5, 0.6) is 0 Å². The van der Waals surface area contributed by atoms with Crippen molar-refractivity contribution in [2.45, 2.75) is 121 Å². The van der Waals surface area contributed by atoms with Gasteiger partial charge in [-0.15, -0.1) is 0 Å². The van der Waals surface area contributed by atoms with E-state index in [1.165, 1.54) is 6.33 Å². The molecule has 0 bridgehead atoms. The molecule has 284 valence electrons. The fourth-order valence-corrected chi connectivity index (χ4v) is 8.10. The molecule has 1 aliphatic heterocycles. The first-order valence-electron chi connectivity index (χ1n) is 18.6. The second-order valence-corrected chi connectivity index (χ2v) is 16.1. The van der Waals surface area contributed by atoms with Gasteiger partial charge < -0.3 is 36.7 Å². The van der Waals surface area contributed by atoms with Gasteiger partial charge in [-0.1, -0.05) is 69.4 Å². The average molecular weight is 731 g/mol. The van der Waals surface area contributed by atoms with E-state index in [-0.39, 0.29) is 43.6 Å². The van der Waals surface area contributed by atoms with Crippen molar-refractivity contribution in [2.75, 3.05) is 25.4 Å². The highest BCUT2D eigenvalue weighted by Crippen LogP contribution is 2.28. The summed E-state index contributed by atoms with van der Waals surface area (Å²) in [6.45, 7) is 2.98. The fraction of sp³-hybridized carbons (Fsp3) is 0.667. The number of sulfonamides is 1. The molecule has 0 spiro atoms. The first-order chi connectivity index (χ1) is 24.5. The van der Waals surface area contributed by atoms with Gasteiger partial charge in [0.15, 0.2) is 0 Å². The van der Waals surface area contributed by atoms with E-state index in [0.717, 1.165) is 37.7 Å². The van der Waals surface area contributed by atoms with Gasteiger partial charge in [0.25, 0.3) is 0 Å². The lowest BCUT2D eigenvalue weighted by molar-refractivity contribution is -0.131. The molecule has 14 nitrogen and oxygen atoms in total. The van der Waals surface area contributed by atoms with E-state index >= 15 is 0 Å². The number of urea groups is 1. The molecule has 51 heavy (non-hydrogen) atoms. The molecule has 15 heteroatoms. The van der Waals surface area contributed by atoms with Crippen LogP contribution in [0.1, 0.15) is 88.8 Å². The van der Waals surface area contributed by atoms with Crippen LogP contribution in [0, 0.1) is 5.92 Å². The summed E-state index contributed by atoms with van der Waals surface area (Å²) >= 11 is 0. The summed E-state index contributed by atoms with van der Waals surface area (Å²) in [7, 11) is -3.37. The molecule has 2 aliphatic rings. The number of aliphatic hydroxyl groups is 1. The number of carbonyl (C=O) groups excluding carboxylic acids is 3. The molecule has 1 saturated heterocycles. The molecule has 4 atom stereocenters. The van der Waals surface area contributed by atoms with Crippen molar-refractivity contribution >= 4 is 27.9 Å². The highest BCUT2D eigenvalue weighted by atomic mass is 32.2. The minimum Gasteiger partial charge on any atom is -0.391 e. The van der Waals surface area contributed by atoms with Crippen LogP contribution in [0.4, 0.5) is 4.79 Å². The van der Waals surface area contributed by atoms with Crippen LogP contribution in [0.3, 0.4) is 0 Å². The summed E-state index contributed by atoms with van der Waals surface area (Å²) < 4.78 is 26.8. The third-order valence-corrected chi connectivity index (χ3v) is 11.5. The van der Waals surface area contributed by atoms with Crippen molar-refractivity contribution in [3.63, 3.8) is 0 Å². The number of aromatic nitrogens is 2. The molecule has 4 rings (SSSR count). The van der Waals surface area contributed by atoms with Gasteiger partial charge in [-0.25, -0.2) is 22.9 Å². The van der Waals surface area contributed by atoms with Crippen LogP contribution < -0.4 is 26.4 Å². The molecule has 2 fully saturated rings. The molecule has 4 amide bonds. The van der Waals surface area contributed by atoms with E-state index < -0.39 is 46.1 Å². The zero-order chi connectivity index (χ0) is 36.6. The molecule has 1 aliphatic carbocycles. The molecule has 1 saturated carbocycles. The first kappa shape index (κ1) is 40.2. The number of likely N-dealkylation sites (tertiary alicyclic amines) is 1. The Morgan fingerprint density at radius 2 is 1.67 bits per heavy atom. The fourth-order valence-electron chi connectivity index (χ4n) is 6.96. The number of nitrogens with one attached hydrogen (secondary N) is 5. The van der Waals surface area contributed by atoms with E-state index in [0.29, 0.717) is 56.8 Å². The zero-order valence-corrected chi connectivity index (χ0v) is 30.7. The highest BCUT2D eigenvalue weighted by Gasteiger charge is 2.33. The van der Waals surface area contributed by atoms with Gasteiger partial charge in [0.2, 0.25) is 21.8 Å². The van der Waals surface area contributed by atoms with Crippen molar-refractivity contribution in [2.24, 2.45) is 11.7 Å². The van der Waals surface area contributed by atoms with Gasteiger partial charge in [0, 0.05) is 50.4 Å². The predicted octanol–water partition coefficient (Wildman–Crippen LogP) is 2.11. The minimum atomic E-state index is -3.37. The van der Waals surface area contributed by atoms with Crippen molar-refractivity contribution in [3.8, 4) is 0 Å². The number of benzene rings is 1. The Kier molecular flexibility index (Phi) is 16.2. The third kappa shape index (κ3) is 13.8. The Labute approximate surface area is 302 Å². The third-order valence-electron chi connectivity index (χ3n) is 9.91. The number of H-pyrrole nitrogens is 1. The molecule has 2 aromatic rings. The normalized spacial score (nSPS) is 18.4. The number of nitrogens with zero attached hydrogens (tertiary/aromatic N) is 2. The number of amides is 4. The van der Waals surface area contributed by atoms with E-state index in [1.54, 1.807) is 18.0 Å². The monoisotopic (exact) mass is 730 g/mol. The Bertz CT molecular complexity index is 1450. The molecular formula is C36H58N8O6S. The summed E-state index contributed by atoms with van der Waals surface area (Å²) in [6, 6.07) is 6.45. The Hall–Kier alpha value is -3.53. The smallest absolute Gasteiger partial charge is 0.318 e. The van der Waals surface area contributed by atoms with E-state index in [4.69, 9.17) is 5.73 Å². The summed E-state index contributed by atoms with van der Waals surface area (Å²) in [5.74, 6) is -0.597. The summed E-state index contributed by atoms with van der Waals surface area (Å²) in [5.41, 5.74) is 7.52. The number of nitrogens with two attached hydrogens (primary N) is 1. The first-order valence-corrected chi connectivity index (χ1v) is 20.3. The predicted molar refractivity (Wildman–Crippen MR) is 196 cm³/mol. The van der Waals surface area contributed by atoms with Gasteiger partial charge in [0.05, 0.1) is 24.2 Å². The van der Waals surface area contributed by atoms with Crippen molar-refractivity contribution in [3.05, 3.63) is 54.1 Å². The SMILES string of the molecule is CCCS(=O)(=O)NCCC[C@H](O)[C@H](CC1CCCCC1)NC(=O)[C@H](Cc1cnc[nH]1)NC(=O)[C@H](Cc1ccccc1)NC(=O)N1CCC(N)CC1. The minimum absolute atomic E-state index is 0.0401. The maximum absolute atomic E-state index is 14.1. The molecule has 8 N–H and O–H groups in total. The van der Waals surface area contributed by atoms with E-state index in [1.807, 2.05) is 30.3 Å². The largest absolute Gasteiger partial charge is 0.391 e. The van der Waals surface area contributed by atoms with Gasteiger partial charge in [-0.2, -0.15) is 0 Å². The standard InChI is InChI=1S/C36H58N8O6S/c1-2-20-51(49,50)40-17-9-14-33(45)30(21-26-10-5-3-6-11-26)41-35(47)32(23-29-24-38-25-39-29)42-34(46)31(22-27-12-7-4-8-13-27)43-36(48)44-18-15-28(37)16-19-44/h4,7-8,12-13,24-26,28,30-33,40,45H,2-3,5-6,9-11,14-23,37H2,1H3,(H,38,39)(H,41,47)(H,42,46)(H,43,48)/t30-,31-,32-,33-/m0/s1. The lowest BCUT2D eigenvalue weighted by Gasteiger charge is -2.33. The van der Waals surface area contributed by atoms with E-state index in [2.05, 4.69) is 30.6 Å². The van der Waals surface area contributed by atoms with Crippen molar-refractivity contribution in [1.82, 2.24) is 35.5 Å². The number of piperidine rings is 1. The highest BCUT2D eigenvalue weighted by molar-refractivity contribution is 7.89. The second-order valence-electron chi connectivity index (χ2n) is 14.1. The van der Waals surface area contributed by atoms with Crippen LogP contribution in [0.2, 0.25) is 0 Å². The van der Waals surface area contributed by atoms with Crippen molar-refractivity contribution < 1.29 is 27.9 Å². The number of hydrogen-bond acceptors (Lipinski definition) is 8. The average Bonchev–Trinajstić information content (AvgIpc) is 3.63. The maximum Gasteiger partial charge on any atom is 0.318 e. The molecule has 0 radical (unpaired) electrons. The Balaban J connectivity index is 1.49. The van der Waals surface area contributed by atoms with Gasteiger partial charge in [-0.05, 0) is 50.0 Å². The van der Waals surface area contributed by atoms with Crippen LogP contribution >= 0.6 is 0 Å². The number of hydrogen-bond donors (Lipinski definition) is 7. The number of aromatic amines is 1. The van der Waals surface area contributed by atoms with Gasteiger partial charge in [0.1, 0.15) is 12.1 Å². The zero-order valence-electron chi connectivity index (χ0n) is 29.9. The summed E-state index contributed by atoms with van der Waals surface area (Å²) in [6.07, 6.45) is 11.0. The van der Waals surface area contributed by atoms with Crippen LogP contribution in [0.25, 0.3) is 0 Å². The van der Waals surface area contributed by atoms with E-state index in [9.17, 15) is 27.9 Å². The molecular weight excluding hydrogens is 673 g/mol. The molecule has 0 unspecified atom stereocenters. The quantitative estimate of drug-likeness (QED) is 0.106. The molecule has 2 heterocycles. The lowest BCUT2D eigenvalue weighted by atomic mass is 9.83. The lowest BCUT2D eigenvalue weighted by Crippen LogP contribution is -2.59. The molecule has 1 aromatic heterocycles. The topological polar surface area (TPSA) is 212 Å². The van der Waals surface area contributed by atoms with Crippen molar-refractivity contribution in [1.29, 1.82) is 0 Å². The summed E-state index contributed by atoms with van der Waals surface area (Å²) in [5, 5.41) is 20.3. The van der Waals surface area contributed by atoms with Crippen LogP contribution in [-0.4, -0.2) is 102 Å². The second kappa shape index (κ2) is 20.5. The maximum atomic E-state index is 14.1. The Morgan fingerprint density at radius 3 is 2.33 bits per heavy atom. The van der Waals surface area contributed by atoms with Gasteiger partial charge in [-0.3, -0.25) is 9.59 Å². The summed E-state index contributed by atoms with van der Waals surface area (Å²) in [4.78, 5) is 50.2. The Morgan fingerprint density at radius 1 is 0.980 bits per heavy atom. The number of rotatable bonds is 19.